The molecule has 0 N–H and O–H groups in total. The van der Waals surface area contributed by atoms with Crippen LogP contribution in [-0.2, 0) is 11.2 Å². The molecule has 0 aliphatic heterocycles. The van der Waals surface area contributed by atoms with Gasteiger partial charge in [-0.05, 0) is 28.5 Å². The van der Waals surface area contributed by atoms with Gasteiger partial charge in [-0.15, -0.1) is 11.3 Å². The average molecular weight is 255 g/mol. The third-order valence-corrected chi connectivity index (χ3v) is 3.41. The summed E-state index contributed by atoms with van der Waals surface area (Å²) in [6, 6.07) is 6.13. The fourth-order valence-corrected chi connectivity index (χ4v) is 2.83. The zero-order valence-electron chi connectivity index (χ0n) is 6.79. The molecule has 0 aliphatic carbocycles. The molecule has 13 heavy (non-hydrogen) atoms. The van der Waals surface area contributed by atoms with Gasteiger partial charge in [0.1, 0.15) is 6.29 Å². The second-order valence-corrected chi connectivity index (χ2v) is 4.60. The third-order valence-electron chi connectivity index (χ3n) is 1.92. The van der Waals surface area contributed by atoms with Crippen molar-refractivity contribution in [1.82, 2.24) is 0 Å². The molecule has 0 amide bonds. The van der Waals surface area contributed by atoms with Crippen LogP contribution in [0.4, 0.5) is 0 Å². The lowest BCUT2D eigenvalue weighted by Gasteiger charge is -1.93. The predicted octanol–water partition coefficient (Wildman–Crippen LogP) is 3.41. The quantitative estimate of drug-likeness (QED) is 0.751. The fourth-order valence-electron chi connectivity index (χ4n) is 1.30. The van der Waals surface area contributed by atoms with E-state index >= 15 is 0 Å². The minimum absolute atomic E-state index is 0.516. The van der Waals surface area contributed by atoms with E-state index < -0.39 is 0 Å². The highest BCUT2D eigenvalue weighted by atomic mass is 79.9. The van der Waals surface area contributed by atoms with Crippen LogP contribution in [0.1, 0.15) is 5.56 Å². The largest absolute Gasteiger partial charge is 0.303 e. The van der Waals surface area contributed by atoms with E-state index in [0.717, 1.165) is 16.3 Å². The van der Waals surface area contributed by atoms with Gasteiger partial charge < -0.3 is 4.79 Å². The number of aldehydes is 1. The molecule has 0 fully saturated rings. The van der Waals surface area contributed by atoms with Crippen molar-refractivity contribution in [3.05, 3.63) is 33.6 Å². The van der Waals surface area contributed by atoms with Gasteiger partial charge in [0.2, 0.25) is 0 Å². The van der Waals surface area contributed by atoms with E-state index in [4.69, 9.17) is 0 Å². The fraction of sp³-hybridized carbons (Fsp3) is 0.100. The van der Waals surface area contributed by atoms with E-state index in [-0.39, 0.29) is 0 Å². The summed E-state index contributed by atoms with van der Waals surface area (Å²) in [5.41, 5.74) is 1.13. The Bertz CT molecular complexity index is 447. The molecule has 0 radical (unpaired) electrons. The van der Waals surface area contributed by atoms with Crippen LogP contribution in [0.25, 0.3) is 10.1 Å². The molecule has 1 heterocycles. The number of halogens is 1. The molecule has 0 spiro atoms. The Labute approximate surface area is 88.5 Å². The van der Waals surface area contributed by atoms with Crippen molar-refractivity contribution in [2.75, 3.05) is 0 Å². The summed E-state index contributed by atoms with van der Waals surface area (Å²) in [5, 5.41) is 3.24. The summed E-state index contributed by atoms with van der Waals surface area (Å²) in [6.45, 7) is 0. The number of carbonyl (C=O) groups excluding carboxylic acids is 1. The van der Waals surface area contributed by atoms with Gasteiger partial charge in [0, 0.05) is 15.6 Å². The Morgan fingerprint density at radius 2 is 2.31 bits per heavy atom. The SMILES string of the molecule is O=CCc1csc2cc(Br)ccc12. The van der Waals surface area contributed by atoms with E-state index in [2.05, 4.69) is 28.1 Å². The van der Waals surface area contributed by atoms with Crippen molar-refractivity contribution in [2.45, 2.75) is 6.42 Å². The van der Waals surface area contributed by atoms with Gasteiger partial charge in [0.15, 0.2) is 0 Å². The number of carbonyl (C=O) groups is 1. The molecule has 3 heteroatoms. The van der Waals surface area contributed by atoms with Gasteiger partial charge in [-0.3, -0.25) is 0 Å². The highest BCUT2D eigenvalue weighted by molar-refractivity contribution is 9.10. The average Bonchev–Trinajstić information content (AvgIpc) is 2.49. The van der Waals surface area contributed by atoms with Crippen LogP contribution in [0.15, 0.2) is 28.1 Å². The number of thiophene rings is 1. The lowest BCUT2D eigenvalue weighted by atomic mass is 10.1. The Morgan fingerprint density at radius 1 is 1.46 bits per heavy atom. The normalized spacial score (nSPS) is 10.5. The Hall–Kier alpha value is -0.670. The number of fused-ring (bicyclic) bond motifs is 1. The maximum absolute atomic E-state index is 10.4. The zero-order valence-corrected chi connectivity index (χ0v) is 9.19. The van der Waals surface area contributed by atoms with E-state index in [1.165, 1.54) is 10.1 Å². The first-order valence-electron chi connectivity index (χ1n) is 3.90. The van der Waals surface area contributed by atoms with E-state index in [0.29, 0.717) is 6.42 Å². The topological polar surface area (TPSA) is 17.1 Å². The monoisotopic (exact) mass is 254 g/mol. The summed E-state index contributed by atoms with van der Waals surface area (Å²) < 4.78 is 2.31. The predicted molar refractivity (Wildman–Crippen MR) is 59.3 cm³/mol. The summed E-state index contributed by atoms with van der Waals surface area (Å²) in [5.74, 6) is 0. The van der Waals surface area contributed by atoms with Crippen LogP contribution in [0.3, 0.4) is 0 Å². The van der Waals surface area contributed by atoms with Crippen LogP contribution in [0.2, 0.25) is 0 Å². The first-order chi connectivity index (χ1) is 6.31. The molecule has 0 saturated heterocycles. The smallest absolute Gasteiger partial charge is 0.124 e. The van der Waals surface area contributed by atoms with Crippen LogP contribution >= 0.6 is 27.3 Å². The summed E-state index contributed by atoms with van der Waals surface area (Å²) >= 11 is 5.10. The number of hydrogen-bond donors (Lipinski definition) is 0. The molecule has 1 aromatic heterocycles. The lowest BCUT2D eigenvalue weighted by molar-refractivity contribution is -0.107. The van der Waals surface area contributed by atoms with Gasteiger partial charge >= 0.3 is 0 Å². The van der Waals surface area contributed by atoms with Crippen molar-refractivity contribution in [2.24, 2.45) is 0 Å². The van der Waals surface area contributed by atoms with Crippen molar-refractivity contribution >= 4 is 43.6 Å². The van der Waals surface area contributed by atoms with E-state index in [9.17, 15) is 4.79 Å². The minimum Gasteiger partial charge on any atom is -0.303 e. The van der Waals surface area contributed by atoms with Gasteiger partial charge in [-0.25, -0.2) is 0 Å². The van der Waals surface area contributed by atoms with Gasteiger partial charge in [0.25, 0.3) is 0 Å². The molecule has 1 nitrogen and oxygen atoms in total. The molecule has 0 atom stereocenters. The van der Waals surface area contributed by atoms with Crippen LogP contribution in [0.5, 0.6) is 0 Å². The first kappa shape index (κ1) is 8.91. The van der Waals surface area contributed by atoms with Crippen molar-refractivity contribution in [3.63, 3.8) is 0 Å². The molecule has 1 aromatic carbocycles. The van der Waals surface area contributed by atoms with Gasteiger partial charge in [-0.2, -0.15) is 0 Å². The summed E-state index contributed by atoms with van der Waals surface area (Å²) in [4.78, 5) is 10.4. The molecular weight excluding hydrogens is 248 g/mol. The van der Waals surface area contributed by atoms with Crippen molar-refractivity contribution in [3.8, 4) is 0 Å². The van der Waals surface area contributed by atoms with E-state index in [1.807, 2.05) is 11.4 Å². The first-order valence-corrected chi connectivity index (χ1v) is 5.58. The lowest BCUT2D eigenvalue weighted by Crippen LogP contribution is -1.81. The maximum Gasteiger partial charge on any atom is 0.124 e. The molecule has 0 aliphatic rings. The number of rotatable bonds is 2. The Morgan fingerprint density at radius 3 is 3.08 bits per heavy atom. The molecular formula is C10H7BrOS. The third kappa shape index (κ3) is 1.67. The van der Waals surface area contributed by atoms with Gasteiger partial charge in [-0.1, -0.05) is 22.0 Å². The highest BCUT2D eigenvalue weighted by Gasteiger charge is 2.02. The highest BCUT2D eigenvalue weighted by Crippen LogP contribution is 2.28. The molecule has 2 rings (SSSR count). The molecule has 2 aromatic rings. The second kappa shape index (κ2) is 3.60. The van der Waals surface area contributed by atoms with Crippen molar-refractivity contribution in [1.29, 1.82) is 0 Å². The summed E-state index contributed by atoms with van der Waals surface area (Å²) in [6.07, 6.45) is 1.46. The van der Waals surface area contributed by atoms with Crippen molar-refractivity contribution < 1.29 is 4.79 Å². The Kier molecular flexibility index (Phi) is 2.47. The minimum atomic E-state index is 0.516. The Balaban J connectivity index is 2.61. The molecule has 0 unspecified atom stereocenters. The van der Waals surface area contributed by atoms with Crippen LogP contribution in [-0.4, -0.2) is 6.29 Å². The summed E-state index contributed by atoms with van der Waals surface area (Å²) in [7, 11) is 0. The molecule has 0 saturated carbocycles. The zero-order chi connectivity index (χ0) is 9.26. The van der Waals surface area contributed by atoms with E-state index in [1.54, 1.807) is 11.3 Å². The standard InChI is InChI=1S/C10H7BrOS/c11-8-1-2-9-7(3-4-12)6-13-10(9)5-8/h1-2,4-6H,3H2. The molecule has 66 valence electrons. The van der Waals surface area contributed by atoms with Gasteiger partial charge in [0.05, 0.1) is 0 Å². The number of benzene rings is 1. The maximum atomic E-state index is 10.4. The van der Waals surface area contributed by atoms with Crippen LogP contribution in [0, 0.1) is 0 Å². The van der Waals surface area contributed by atoms with Crippen LogP contribution < -0.4 is 0 Å². The molecule has 0 bridgehead atoms. The second-order valence-electron chi connectivity index (χ2n) is 2.77. The number of hydrogen-bond acceptors (Lipinski definition) is 2.